The number of nitriles is 1. The molecular weight excluding hydrogens is 440 g/mol. The number of hydrogen-bond acceptors (Lipinski definition) is 4. The van der Waals surface area contributed by atoms with Gasteiger partial charge in [-0.05, 0) is 48.2 Å². The fourth-order valence-corrected chi connectivity index (χ4v) is 4.66. The highest BCUT2D eigenvalue weighted by Gasteiger charge is 2.43. The van der Waals surface area contributed by atoms with Crippen LogP contribution in [0.3, 0.4) is 0 Å². The second-order valence-electron chi connectivity index (χ2n) is 7.75. The molecule has 33 heavy (non-hydrogen) atoms. The zero-order chi connectivity index (χ0) is 23.5. The molecule has 1 heterocycles. The van der Waals surface area contributed by atoms with Gasteiger partial charge in [-0.1, -0.05) is 54.1 Å². The highest BCUT2D eigenvalue weighted by Crippen LogP contribution is 2.41. The van der Waals surface area contributed by atoms with Gasteiger partial charge in [0.25, 0.3) is 5.91 Å². The molecule has 4 rings (SSSR count). The first-order valence-corrected chi connectivity index (χ1v) is 10.8. The fraction of sp³-hybridized carbons (Fsp3) is 0.192. The van der Waals surface area contributed by atoms with E-state index in [1.165, 1.54) is 4.90 Å². The molecule has 0 radical (unpaired) electrons. The number of aliphatic carboxylic acids is 1. The zero-order valence-electron chi connectivity index (χ0n) is 17.9. The van der Waals surface area contributed by atoms with Gasteiger partial charge in [-0.3, -0.25) is 4.79 Å². The van der Waals surface area contributed by atoms with Crippen LogP contribution < -0.4 is 4.74 Å². The largest absolute Gasteiger partial charge is 0.496 e. The molecule has 0 aliphatic carbocycles. The SMILES string of the molecule is COc1ccccc1-c1ccc(C(=O)N2[C@@H](c3ccccc3Cl)CC[C@H]2C(=O)O)c(C#N)c1. The Morgan fingerprint density at radius 1 is 1.09 bits per heavy atom. The van der Waals surface area contributed by atoms with E-state index in [0.29, 0.717) is 29.2 Å². The van der Waals surface area contributed by atoms with Crippen LogP contribution in [0.5, 0.6) is 5.75 Å². The van der Waals surface area contributed by atoms with Crippen LogP contribution in [0.25, 0.3) is 11.1 Å². The number of carboxylic acids is 1. The summed E-state index contributed by atoms with van der Waals surface area (Å²) in [6.45, 7) is 0. The van der Waals surface area contributed by atoms with Crippen molar-refractivity contribution in [2.24, 2.45) is 0 Å². The lowest BCUT2D eigenvalue weighted by atomic mass is 9.97. The Morgan fingerprint density at radius 2 is 1.82 bits per heavy atom. The van der Waals surface area contributed by atoms with Crippen LogP contribution in [-0.2, 0) is 4.79 Å². The maximum Gasteiger partial charge on any atom is 0.326 e. The van der Waals surface area contributed by atoms with E-state index in [0.717, 1.165) is 11.1 Å². The number of amides is 1. The Bertz CT molecular complexity index is 1270. The normalized spacial score (nSPS) is 17.4. The third-order valence-electron chi connectivity index (χ3n) is 5.96. The summed E-state index contributed by atoms with van der Waals surface area (Å²) < 4.78 is 5.41. The van der Waals surface area contributed by atoms with Crippen molar-refractivity contribution in [1.82, 2.24) is 4.90 Å². The van der Waals surface area contributed by atoms with Crippen molar-refractivity contribution in [2.45, 2.75) is 24.9 Å². The van der Waals surface area contributed by atoms with E-state index in [1.54, 1.807) is 49.6 Å². The molecule has 1 aliphatic heterocycles. The predicted molar refractivity (Wildman–Crippen MR) is 124 cm³/mol. The predicted octanol–water partition coefficient (Wildman–Crippen LogP) is 5.32. The van der Waals surface area contributed by atoms with E-state index in [2.05, 4.69) is 6.07 Å². The molecule has 0 aromatic heterocycles. The van der Waals surface area contributed by atoms with Gasteiger partial charge in [0.1, 0.15) is 11.8 Å². The molecule has 6 nitrogen and oxygen atoms in total. The summed E-state index contributed by atoms with van der Waals surface area (Å²) in [4.78, 5) is 27.0. The van der Waals surface area contributed by atoms with Gasteiger partial charge in [-0.25, -0.2) is 4.79 Å². The van der Waals surface area contributed by atoms with Gasteiger partial charge in [0, 0.05) is 10.6 Å². The van der Waals surface area contributed by atoms with E-state index in [9.17, 15) is 20.0 Å². The molecular formula is C26H21ClN2O4. The first kappa shape index (κ1) is 22.4. The first-order valence-electron chi connectivity index (χ1n) is 10.4. The number of carbonyl (C=O) groups excluding carboxylic acids is 1. The smallest absolute Gasteiger partial charge is 0.326 e. The van der Waals surface area contributed by atoms with Crippen LogP contribution in [0, 0.1) is 11.3 Å². The third-order valence-corrected chi connectivity index (χ3v) is 6.30. The van der Waals surface area contributed by atoms with E-state index >= 15 is 0 Å². The average molecular weight is 461 g/mol. The second kappa shape index (κ2) is 9.35. The lowest BCUT2D eigenvalue weighted by Gasteiger charge is -2.29. The standard InChI is InChI=1S/C26H21ClN2O4/c1-33-24-9-5-3-6-18(24)16-10-11-19(17(14-16)15-28)25(30)29-22(12-13-23(29)26(31)32)20-7-2-4-8-21(20)27/h2-11,14,22-23H,12-13H2,1H3,(H,31,32)/t22-,23+/m1/s1. The number of rotatable bonds is 5. The van der Waals surface area contributed by atoms with Crippen molar-refractivity contribution in [3.8, 4) is 22.9 Å². The zero-order valence-corrected chi connectivity index (χ0v) is 18.6. The molecule has 3 aromatic carbocycles. The van der Waals surface area contributed by atoms with Crippen LogP contribution in [0.4, 0.5) is 0 Å². The average Bonchev–Trinajstić information content (AvgIpc) is 3.28. The van der Waals surface area contributed by atoms with Gasteiger partial charge in [0.05, 0.1) is 30.3 Å². The van der Waals surface area contributed by atoms with Gasteiger partial charge < -0.3 is 14.7 Å². The Morgan fingerprint density at radius 3 is 2.52 bits per heavy atom. The molecule has 1 N–H and O–H groups in total. The number of para-hydroxylation sites is 1. The fourth-order valence-electron chi connectivity index (χ4n) is 4.40. The van der Waals surface area contributed by atoms with Crippen LogP contribution in [0.1, 0.15) is 40.4 Å². The summed E-state index contributed by atoms with van der Waals surface area (Å²) in [5, 5.41) is 20.1. The summed E-state index contributed by atoms with van der Waals surface area (Å²) in [6.07, 6.45) is 0.770. The van der Waals surface area contributed by atoms with E-state index < -0.39 is 24.0 Å². The number of carboxylic acid groups (broad SMARTS) is 1. The number of halogens is 1. The number of carbonyl (C=O) groups is 2. The molecule has 7 heteroatoms. The molecule has 166 valence electrons. The second-order valence-corrected chi connectivity index (χ2v) is 8.16. The van der Waals surface area contributed by atoms with E-state index in [-0.39, 0.29) is 11.1 Å². The number of likely N-dealkylation sites (tertiary alicyclic amines) is 1. The molecule has 1 amide bonds. The Balaban J connectivity index is 1.77. The minimum absolute atomic E-state index is 0.154. The molecule has 2 atom stereocenters. The number of ether oxygens (including phenoxy) is 1. The molecule has 0 bridgehead atoms. The van der Waals surface area contributed by atoms with Crippen LogP contribution >= 0.6 is 11.6 Å². The van der Waals surface area contributed by atoms with Crippen LogP contribution in [0.15, 0.2) is 66.7 Å². The highest BCUT2D eigenvalue weighted by molar-refractivity contribution is 6.31. The summed E-state index contributed by atoms with van der Waals surface area (Å²) in [5.41, 5.74) is 2.52. The molecule has 1 fully saturated rings. The first-order chi connectivity index (χ1) is 16.0. The van der Waals surface area contributed by atoms with Gasteiger partial charge in [0.15, 0.2) is 0 Å². The van der Waals surface area contributed by atoms with E-state index in [1.807, 2.05) is 24.3 Å². The van der Waals surface area contributed by atoms with Crippen LogP contribution in [-0.4, -0.2) is 35.0 Å². The molecule has 3 aromatic rings. The molecule has 0 unspecified atom stereocenters. The quantitative estimate of drug-likeness (QED) is 0.556. The Labute approximate surface area is 196 Å². The highest BCUT2D eigenvalue weighted by atomic mass is 35.5. The van der Waals surface area contributed by atoms with Crippen LogP contribution in [0.2, 0.25) is 5.02 Å². The summed E-state index contributed by atoms with van der Waals surface area (Å²) in [7, 11) is 1.57. The Hall–Kier alpha value is -3.82. The summed E-state index contributed by atoms with van der Waals surface area (Å²) in [5.74, 6) is -0.945. The lowest BCUT2D eigenvalue weighted by Crippen LogP contribution is -2.42. The molecule has 0 spiro atoms. The van der Waals surface area contributed by atoms with Crippen molar-refractivity contribution in [3.63, 3.8) is 0 Å². The molecule has 1 aliphatic rings. The van der Waals surface area contributed by atoms with E-state index in [4.69, 9.17) is 16.3 Å². The van der Waals surface area contributed by atoms with Gasteiger partial charge in [-0.2, -0.15) is 5.26 Å². The maximum atomic E-state index is 13.7. The Kier molecular flexibility index (Phi) is 6.34. The monoisotopic (exact) mass is 460 g/mol. The lowest BCUT2D eigenvalue weighted by molar-refractivity contribution is -0.141. The summed E-state index contributed by atoms with van der Waals surface area (Å²) in [6, 6.07) is 20.0. The number of nitrogens with zero attached hydrogens (tertiary/aromatic N) is 2. The minimum Gasteiger partial charge on any atom is -0.496 e. The minimum atomic E-state index is -1.08. The van der Waals surface area contributed by atoms with Gasteiger partial charge in [-0.15, -0.1) is 0 Å². The molecule has 1 saturated heterocycles. The van der Waals surface area contributed by atoms with Crippen molar-refractivity contribution >= 4 is 23.5 Å². The maximum absolute atomic E-state index is 13.7. The third kappa shape index (κ3) is 4.15. The van der Waals surface area contributed by atoms with Crippen molar-refractivity contribution in [2.75, 3.05) is 7.11 Å². The molecule has 0 saturated carbocycles. The number of methoxy groups -OCH3 is 1. The van der Waals surface area contributed by atoms with Crippen molar-refractivity contribution in [3.05, 3.63) is 88.4 Å². The van der Waals surface area contributed by atoms with Gasteiger partial charge in [0.2, 0.25) is 0 Å². The van der Waals surface area contributed by atoms with Crippen molar-refractivity contribution in [1.29, 1.82) is 5.26 Å². The summed E-state index contributed by atoms with van der Waals surface area (Å²) >= 11 is 6.37. The topological polar surface area (TPSA) is 90.6 Å². The van der Waals surface area contributed by atoms with Gasteiger partial charge >= 0.3 is 5.97 Å². The number of benzene rings is 3. The number of hydrogen-bond donors (Lipinski definition) is 1. The van der Waals surface area contributed by atoms with Crippen molar-refractivity contribution < 1.29 is 19.4 Å².